The fourth-order valence-corrected chi connectivity index (χ4v) is 4.78. The van der Waals surface area contributed by atoms with Gasteiger partial charge in [-0.2, -0.15) is 13.2 Å². The standard InChI is InChI=1S/C28H24ClF3N4O5S/c1-16-24(34-26(38)33-20-9-11-21(12-10-20)42-28(30,31)32)22-14-19(29)8-13-23(22)36(16)27(39)41-40-25(37)18-6-4-17(5-7-18)15-35(2)3/h4-14H,15H2,1-3H3,(H2,33,34,38). The van der Waals surface area contributed by atoms with Crippen LogP contribution in [-0.4, -0.2) is 47.2 Å². The molecule has 2 amide bonds. The zero-order valence-electron chi connectivity index (χ0n) is 22.4. The highest BCUT2D eigenvalue weighted by molar-refractivity contribution is 8.00. The van der Waals surface area contributed by atoms with E-state index >= 15 is 0 Å². The zero-order chi connectivity index (χ0) is 30.6. The summed E-state index contributed by atoms with van der Waals surface area (Å²) in [6.07, 6.45) is -1.05. The maximum Gasteiger partial charge on any atom is 0.461 e. The average Bonchev–Trinajstić information content (AvgIpc) is 3.17. The number of anilines is 2. The zero-order valence-corrected chi connectivity index (χ0v) is 24.0. The van der Waals surface area contributed by atoms with Crippen LogP contribution < -0.4 is 10.6 Å². The Morgan fingerprint density at radius 1 is 0.952 bits per heavy atom. The lowest BCUT2D eigenvalue weighted by atomic mass is 10.1. The molecule has 1 heterocycles. The second-order valence-electron chi connectivity index (χ2n) is 9.26. The summed E-state index contributed by atoms with van der Waals surface area (Å²) in [4.78, 5) is 49.8. The molecule has 4 aromatic rings. The van der Waals surface area contributed by atoms with Crippen LogP contribution in [-0.2, 0) is 16.3 Å². The number of urea groups is 1. The molecule has 2 N–H and O–H groups in total. The van der Waals surface area contributed by atoms with Gasteiger partial charge >= 0.3 is 23.6 Å². The lowest BCUT2D eigenvalue weighted by Gasteiger charge is -2.10. The fraction of sp³-hybridized carbons (Fsp3) is 0.179. The molecule has 9 nitrogen and oxygen atoms in total. The minimum Gasteiger partial charge on any atom is -0.308 e. The number of alkyl halides is 3. The number of nitrogens with zero attached hydrogens (tertiary/aromatic N) is 2. The van der Waals surface area contributed by atoms with Crippen molar-refractivity contribution in [1.29, 1.82) is 0 Å². The van der Waals surface area contributed by atoms with Gasteiger partial charge in [-0.15, -0.1) is 0 Å². The molecular weight excluding hydrogens is 597 g/mol. The second kappa shape index (κ2) is 12.8. The molecule has 0 fully saturated rings. The highest BCUT2D eigenvalue weighted by Crippen LogP contribution is 2.37. The summed E-state index contributed by atoms with van der Waals surface area (Å²) in [5.74, 6) is -0.880. The van der Waals surface area contributed by atoms with Gasteiger partial charge in [0.05, 0.1) is 22.5 Å². The highest BCUT2D eigenvalue weighted by atomic mass is 35.5. The third kappa shape index (κ3) is 7.75. The molecule has 3 aromatic carbocycles. The summed E-state index contributed by atoms with van der Waals surface area (Å²) in [5.41, 5.74) is -2.31. The predicted molar refractivity (Wildman–Crippen MR) is 154 cm³/mol. The molecule has 0 radical (unpaired) electrons. The van der Waals surface area contributed by atoms with Gasteiger partial charge in [-0.25, -0.2) is 28.7 Å². The minimum atomic E-state index is -4.43. The Labute approximate surface area is 247 Å². The number of aromatic nitrogens is 1. The van der Waals surface area contributed by atoms with E-state index in [1.807, 2.05) is 19.0 Å². The SMILES string of the molecule is Cc1c(NC(=O)Nc2ccc(SC(F)(F)F)cc2)c2cc(Cl)ccc2n1C(=O)OOC(=O)c1ccc(CN(C)C)cc1. The summed E-state index contributed by atoms with van der Waals surface area (Å²) < 4.78 is 38.8. The van der Waals surface area contributed by atoms with Gasteiger partial charge in [0.25, 0.3) is 0 Å². The van der Waals surface area contributed by atoms with Crippen molar-refractivity contribution < 1.29 is 37.3 Å². The molecule has 14 heteroatoms. The van der Waals surface area contributed by atoms with E-state index in [2.05, 4.69) is 10.6 Å². The number of halogens is 4. The van der Waals surface area contributed by atoms with Crippen molar-refractivity contribution in [1.82, 2.24) is 9.47 Å². The van der Waals surface area contributed by atoms with E-state index in [4.69, 9.17) is 21.4 Å². The van der Waals surface area contributed by atoms with Gasteiger partial charge in [0.2, 0.25) is 0 Å². The summed E-state index contributed by atoms with van der Waals surface area (Å²) >= 11 is 5.89. The number of carbonyl (C=O) groups excluding carboxylic acids is 3. The third-order valence-corrected chi connectivity index (χ3v) is 6.78. The molecule has 42 heavy (non-hydrogen) atoms. The summed E-state index contributed by atoms with van der Waals surface area (Å²) in [5, 5.41) is 5.86. The van der Waals surface area contributed by atoms with Crippen LogP contribution in [0.4, 0.5) is 34.1 Å². The monoisotopic (exact) mass is 620 g/mol. The predicted octanol–water partition coefficient (Wildman–Crippen LogP) is 7.68. The van der Waals surface area contributed by atoms with Crippen molar-refractivity contribution in [3.8, 4) is 0 Å². The number of fused-ring (bicyclic) bond motifs is 1. The van der Waals surface area contributed by atoms with Crippen LogP contribution in [0.5, 0.6) is 0 Å². The highest BCUT2D eigenvalue weighted by Gasteiger charge is 2.29. The topological polar surface area (TPSA) is 102 Å². The number of hydrogen-bond donors (Lipinski definition) is 2. The van der Waals surface area contributed by atoms with Crippen molar-refractivity contribution in [2.75, 3.05) is 24.7 Å². The Kier molecular flexibility index (Phi) is 9.34. The summed E-state index contributed by atoms with van der Waals surface area (Å²) in [7, 11) is 3.83. The molecular formula is C28H24ClF3N4O5S. The Morgan fingerprint density at radius 2 is 1.62 bits per heavy atom. The van der Waals surface area contributed by atoms with Crippen molar-refractivity contribution in [3.05, 3.63) is 88.6 Å². The number of amides is 2. The molecule has 0 aliphatic rings. The fourth-order valence-electron chi connectivity index (χ4n) is 4.07. The van der Waals surface area contributed by atoms with Crippen LogP contribution in [0, 0.1) is 6.92 Å². The van der Waals surface area contributed by atoms with Crippen molar-refractivity contribution in [2.24, 2.45) is 0 Å². The van der Waals surface area contributed by atoms with Crippen LogP contribution >= 0.6 is 23.4 Å². The molecule has 0 bridgehead atoms. The number of rotatable bonds is 6. The van der Waals surface area contributed by atoms with Gasteiger partial charge in [-0.1, -0.05) is 23.7 Å². The van der Waals surface area contributed by atoms with Crippen LogP contribution in [0.15, 0.2) is 71.6 Å². The maximum atomic E-state index is 13.0. The molecule has 0 saturated heterocycles. The number of thioether (sulfide) groups is 1. The Hall–Kier alpha value is -4.20. The lowest BCUT2D eigenvalue weighted by Crippen LogP contribution is -2.21. The third-order valence-electron chi connectivity index (χ3n) is 5.81. The van der Waals surface area contributed by atoms with Crippen molar-refractivity contribution >= 4 is 63.7 Å². The van der Waals surface area contributed by atoms with Crippen LogP contribution in [0.2, 0.25) is 5.02 Å². The number of nitrogens with one attached hydrogen (secondary N) is 2. The van der Waals surface area contributed by atoms with Gasteiger partial charge < -0.3 is 15.5 Å². The maximum absolute atomic E-state index is 13.0. The van der Waals surface area contributed by atoms with Gasteiger partial charge in [0.1, 0.15) is 0 Å². The molecule has 4 rings (SSSR count). The Balaban J connectivity index is 1.48. The molecule has 0 spiro atoms. The quantitative estimate of drug-likeness (QED) is 0.129. The van der Waals surface area contributed by atoms with E-state index < -0.39 is 23.6 Å². The first kappa shape index (κ1) is 30.8. The van der Waals surface area contributed by atoms with E-state index in [0.29, 0.717) is 22.5 Å². The van der Waals surface area contributed by atoms with Crippen LogP contribution in [0.3, 0.4) is 0 Å². The van der Waals surface area contributed by atoms with E-state index in [1.165, 1.54) is 49.4 Å². The van der Waals surface area contributed by atoms with E-state index in [0.717, 1.165) is 10.1 Å². The number of hydrogen-bond acceptors (Lipinski definition) is 7. The first-order chi connectivity index (χ1) is 19.8. The average molecular weight is 621 g/mol. The van der Waals surface area contributed by atoms with Gasteiger partial charge in [0, 0.05) is 27.5 Å². The molecule has 0 saturated carbocycles. The first-order valence-electron chi connectivity index (χ1n) is 12.2. The van der Waals surface area contributed by atoms with E-state index in [-0.39, 0.29) is 39.3 Å². The van der Waals surface area contributed by atoms with Crippen LogP contribution in [0.25, 0.3) is 10.9 Å². The van der Waals surface area contributed by atoms with Gasteiger partial charge in [-0.3, -0.25) is 0 Å². The van der Waals surface area contributed by atoms with Crippen LogP contribution in [0.1, 0.15) is 21.6 Å². The van der Waals surface area contributed by atoms with E-state index in [1.54, 1.807) is 24.3 Å². The number of benzene rings is 3. The molecule has 220 valence electrons. The number of carbonyl (C=O) groups is 3. The molecule has 0 aliphatic heterocycles. The van der Waals surface area contributed by atoms with Crippen molar-refractivity contribution in [3.63, 3.8) is 0 Å². The molecule has 0 unspecified atom stereocenters. The summed E-state index contributed by atoms with van der Waals surface area (Å²) in [6.45, 7) is 2.20. The van der Waals surface area contributed by atoms with Gasteiger partial charge in [0.15, 0.2) is 0 Å². The molecule has 1 aromatic heterocycles. The molecule has 0 atom stereocenters. The van der Waals surface area contributed by atoms with E-state index in [9.17, 15) is 27.6 Å². The summed E-state index contributed by atoms with van der Waals surface area (Å²) in [6, 6.07) is 15.5. The van der Waals surface area contributed by atoms with Gasteiger partial charge in [-0.05, 0) is 92.9 Å². The second-order valence-corrected chi connectivity index (χ2v) is 10.8. The lowest BCUT2D eigenvalue weighted by molar-refractivity contribution is -0.182. The first-order valence-corrected chi connectivity index (χ1v) is 13.4. The molecule has 0 aliphatic carbocycles. The Morgan fingerprint density at radius 3 is 2.24 bits per heavy atom. The largest absolute Gasteiger partial charge is 0.461 e. The smallest absolute Gasteiger partial charge is 0.308 e. The Bertz CT molecular complexity index is 1620. The van der Waals surface area contributed by atoms with Crippen molar-refractivity contribution in [2.45, 2.75) is 23.9 Å². The minimum absolute atomic E-state index is 0.0393. The normalized spacial score (nSPS) is 11.4.